The number of esters is 1. The van der Waals surface area contributed by atoms with Crippen LogP contribution >= 0.6 is 0 Å². The van der Waals surface area contributed by atoms with Crippen LogP contribution in [0.5, 0.6) is 0 Å². The molecular formula is C9H9O2Zn-. The summed E-state index contributed by atoms with van der Waals surface area (Å²) in [6.45, 7) is 2.19. The quantitative estimate of drug-likeness (QED) is 0.425. The van der Waals surface area contributed by atoms with Gasteiger partial charge in [-0.15, -0.1) is 0 Å². The van der Waals surface area contributed by atoms with Crippen molar-refractivity contribution in [2.45, 2.75) is 6.92 Å². The number of hydrogen-bond acceptors (Lipinski definition) is 2. The molecule has 12 heavy (non-hydrogen) atoms. The molecule has 0 spiro atoms. The number of rotatable bonds is 2. The first-order valence-electron chi connectivity index (χ1n) is 3.48. The van der Waals surface area contributed by atoms with Crippen LogP contribution in [0.15, 0.2) is 24.3 Å². The summed E-state index contributed by atoms with van der Waals surface area (Å²) in [6, 6.07) is 9.61. The smallest absolute Gasteiger partial charge is 0.281 e. The maximum atomic E-state index is 11.0. The van der Waals surface area contributed by atoms with Crippen LogP contribution in [0.1, 0.15) is 17.3 Å². The van der Waals surface area contributed by atoms with Crippen LogP contribution < -0.4 is 0 Å². The van der Waals surface area contributed by atoms with Gasteiger partial charge in [-0.1, -0.05) is 5.56 Å². The van der Waals surface area contributed by atoms with Crippen LogP contribution in [-0.4, -0.2) is 12.6 Å². The molecule has 0 amide bonds. The van der Waals surface area contributed by atoms with E-state index in [4.69, 9.17) is 4.74 Å². The zero-order chi connectivity index (χ0) is 8.10. The monoisotopic (exact) mass is 213 g/mol. The molecule has 0 saturated carbocycles. The van der Waals surface area contributed by atoms with E-state index in [1.165, 1.54) is 0 Å². The average molecular weight is 215 g/mol. The van der Waals surface area contributed by atoms with Crippen molar-refractivity contribution in [3.05, 3.63) is 35.9 Å². The molecule has 0 aliphatic rings. The SMILES string of the molecule is CCOC(=O)c1c[c-]ccc1.[Zn]. The number of ether oxygens (including phenoxy) is 1. The van der Waals surface area contributed by atoms with E-state index in [0.29, 0.717) is 12.2 Å². The first kappa shape index (κ1) is 11.3. The molecule has 0 aromatic heterocycles. The molecule has 3 heteroatoms. The summed E-state index contributed by atoms with van der Waals surface area (Å²) in [7, 11) is 0. The fourth-order valence-corrected chi connectivity index (χ4v) is 0.735. The molecule has 1 aromatic rings. The van der Waals surface area contributed by atoms with Gasteiger partial charge >= 0.3 is 0 Å². The zero-order valence-electron chi connectivity index (χ0n) is 7.04. The maximum Gasteiger partial charge on any atom is 0.281 e. The van der Waals surface area contributed by atoms with E-state index in [-0.39, 0.29) is 25.4 Å². The predicted octanol–water partition coefficient (Wildman–Crippen LogP) is 1.66. The minimum Gasteiger partial charge on any atom is -0.472 e. The van der Waals surface area contributed by atoms with Gasteiger partial charge in [-0.05, 0) is 6.92 Å². The standard InChI is InChI=1S/C9H9O2.Zn/c1-2-11-9(10)8-6-4-3-5-7-8;/h3-4,6-7H,2H2,1H3;/q-1;. The Hall–Kier alpha value is -0.687. The molecular weight excluding hydrogens is 205 g/mol. The van der Waals surface area contributed by atoms with Crippen molar-refractivity contribution < 1.29 is 29.0 Å². The van der Waals surface area contributed by atoms with Gasteiger partial charge in [0.25, 0.3) is 5.97 Å². The molecule has 0 heterocycles. The third kappa shape index (κ3) is 3.14. The minimum absolute atomic E-state index is 0. The third-order valence-corrected chi connectivity index (χ3v) is 1.22. The summed E-state index contributed by atoms with van der Waals surface area (Å²) < 4.78 is 4.77. The Morgan fingerprint density at radius 3 is 2.92 bits per heavy atom. The van der Waals surface area contributed by atoms with E-state index in [9.17, 15) is 4.79 Å². The van der Waals surface area contributed by atoms with Crippen LogP contribution in [0.3, 0.4) is 0 Å². The zero-order valence-corrected chi connectivity index (χ0v) is 10.0. The van der Waals surface area contributed by atoms with Gasteiger partial charge in [0.15, 0.2) is 0 Å². The average Bonchev–Trinajstić information content (AvgIpc) is 2.07. The van der Waals surface area contributed by atoms with Crippen LogP contribution in [0.4, 0.5) is 0 Å². The Bertz CT molecular complexity index is 234. The van der Waals surface area contributed by atoms with Gasteiger partial charge in [0, 0.05) is 19.5 Å². The minimum atomic E-state index is -0.288. The predicted molar refractivity (Wildman–Crippen MR) is 41.2 cm³/mol. The Labute approximate surface area is 84.7 Å². The summed E-state index contributed by atoms with van der Waals surface area (Å²) in [5.74, 6) is -0.288. The summed E-state index contributed by atoms with van der Waals surface area (Å²) in [5.41, 5.74) is 0.550. The van der Waals surface area contributed by atoms with Gasteiger partial charge in [-0.25, -0.2) is 0 Å². The van der Waals surface area contributed by atoms with Gasteiger partial charge in [-0.3, -0.25) is 4.79 Å². The topological polar surface area (TPSA) is 26.3 Å². The largest absolute Gasteiger partial charge is 0.472 e. The maximum absolute atomic E-state index is 11.0. The van der Waals surface area contributed by atoms with Crippen molar-refractivity contribution in [2.75, 3.05) is 6.61 Å². The summed E-state index contributed by atoms with van der Waals surface area (Å²) >= 11 is 0. The van der Waals surface area contributed by atoms with Crippen molar-refractivity contribution in [3.63, 3.8) is 0 Å². The number of benzene rings is 1. The van der Waals surface area contributed by atoms with Crippen molar-refractivity contribution >= 4 is 5.97 Å². The van der Waals surface area contributed by atoms with Gasteiger partial charge in [-0.2, -0.15) is 30.3 Å². The molecule has 1 rings (SSSR count). The van der Waals surface area contributed by atoms with E-state index < -0.39 is 0 Å². The van der Waals surface area contributed by atoms with Crippen molar-refractivity contribution in [1.29, 1.82) is 0 Å². The second-order valence-corrected chi connectivity index (χ2v) is 2.01. The number of carbonyl (C=O) groups excluding carboxylic acids is 1. The summed E-state index contributed by atoms with van der Waals surface area (Å²) in [5, 5.41) is 0. The fourth-order valence-electron chi connectivity index (χ4n) is 0.735. The summed E-state index contributed by atoms with van der Waals surface area (Å²) in [4.78, 5) is 11.0. The molecule has 2 nitrogen and oxygen atoms in total. The van der Waals surface area contributed by atoms with Gasteiger partial charge in [0.05, 0.1) is 6.61 Å². The molecule has 0 unspecified atom stereocenters. The van der Waals surface area contributed by atoms with Crippen LogP contribution in [0.25, 0.3) is 0 Å². The second kappa shape index (κ2) is 5.90. The van der Waals surface area contributed by atoms with E-state index in [2.05, 4.69) is 6.07 Å². The Kier molecular flexibility index (Phi) is 5.56. The van der Waals surface area contributed by atoms with Crippen molar-refractivity contribution in [1.82, 2.24) is 0 Å². The number of carbonyl (C=O) groups is 1. The first-order valence-corrected chi connectivity index (χ1v) is 3.48. The van der Waals surface area contributed by atoms with Gasteiger partial charge < -0.3 is 4.74 Å². The molecule has 60 valence electrons. The van der Waals surface area contributed by atoms with Crippen molar-refractivity contribution in [3.8, 4) is 0 Å². The fraction of sp³-hybridized carbons (Fsp3) is 0.222. The molecule has 0 aliphatic carbocycles. The second-order valence-electron chi connectivity index (χ2n) is 2.01. The molecule has 0 atom stereocenters. The molecule has 0 fully saturated rings. The molecule has 0 bridgehead atoms. The van der Waals surface area contributed by atoms with E-state index in [1.54, 1.807) is 31.2 Å². The normalized spacial score (nSPS) is 8.42. The van der Waals surface area contributed by atoms with E-state index in [1.807, 2.05) is 0 Å². The van der Waals surface area contributed by atoms with Crippen LogP contribution in [0, 0.1) is 6.07 Å². The summed E-state index contributed by atoms with van der Waals surface area (Å²) in [6.07, 6.45) is 0. The van der Waals surface area contributed by atoms with Gasteiger partial charge in [0.1, 0.15) is 0 Å². The van der Waals surface area contributed by atoms with Crippen LogP contribution in [0.2, 0.25) is 0 Å². The molecule has 0 radical (unpaired) electrons. The van der Waals surface area contributed by atoms with Crippen molar-refractivity contribution in [2.24, 2.45) is 0 Å². The first-order chi connectivity index (χ1) is 5.34. The van der Waals surface area contributed by atoms with Gasteiger partial charge in [0.2, 0.25) is 0 Å². The Morgan fingerprint density at radius 2 is 2.42 bits per heavy atom. The molecule has 0 aliphatic heterocycles. The van der Waals surface area contributed by atoms with E-state index in [0.717, 1.165) is 0 Å². The molecule has 0 N–H and O–H groups in total. The van der Waals surface area contributed by atoms with Crippen LogP contribution in [-0.2, 0) is 24.2 Å². The molecule has 0 saturated heterocycles. The Morgan fingerprint density at radius 1 is 1.67 bits per heavy atom. The molecule has 1 aromatic carbocycles. The third-order valence-electron chi connectivity index (χ3n) is 1.22. The number of hydrogen-bond donors (Lipinski definition) is 0. The van der Waals surface area contributed by atoms with E-state index >= 15 is 0 Å². The Balaban J connectivity index is 0.00000121.